The van der Waals surface area contributed by atoms with E-state index in [0.717, 1.165) is 12.8 Å². The molecule has 0 aliphatic rings. The normalized spacial score (nSPS) is 10.9. The monoisotopic (exact) mass is 482 g/mol. The van der Waals surface area contributed by atoms with Crippen LogP contribution in [0.3, 0.4) is 0 Å². The number of rotatable bonds is 20. The number of esters is 1. The molecule has 1 amide bonds. The Morgan fingerprint density at radius 3 is 1.80 bits per heavy atom. The van der Waals surface area contributed by atoms with Gasteiger partial charge < -0.3 is 15.0 Å². The van der Waals surface area contributed by atoms with E-state index in [1.54, 1.807) is 24.4 Å². The van der Waals surface area contributed by atoms with Crippen molar-refractivity contribution in [3.05, 3.63) is 53.9 Å². The molecule has 1 aromatic heterocycles. The van der Waals surface area contributed by atoms with Gasteiger partial charge in [0.05, 0.1) is 12.3 Å². The Balaban J connectivity index is 1.40. The molecule has 2 aromatic rings. The summed E-state index contributed by atoms with van der Waals surface area (Å²) in [6.45, 7) is 2.71. The van der Waals surface area contributed by atoms with E-state index >= 15 is 0 Å². The Bertz CT molecular complexity index is 816. The molecular weight excluding hydrogens is 436 g/mol. The molecule has 194 valence electrons. The van der Waals surface area contributed by atoms with Crippen LogP contribution in [-0.4, -0.2) is 23.5 Å². The molecule has 1 aromatic carbocycles. The van der Waals surface area contributed by atoms with Crippen molar-refractivity contribution in [2.45, 2.75) is 110 Å². The fourth-order valence-electron chi connectivity index (χ4n) is 4.27. The largest absolute Gasteiger partial charge is 0.461 e. The first kappa shape index (κ1) is 28.7. The number of hydrogen-bond donors (Lipinski definition) is 2. The highest BCUT2D eigenvalue weighted by Gasteiger charge is 2.12. The molecule has 0 bridgehead atoms. The molecule has 0 unspecified atom stereocenters. The van der Waals surface area contributed by atoms with Crippen LogP contribution in [0, 0.1) is 0 Å². The minimum Gasteiger partial charge on any atom is -0.461 e. The SMILES string of the molecule is CCCCCCCCCCCCCCCCCCOC(=O)c1cc(NC(=O)c2ccccc2)c[nH]1. The summed E-state index contributed by atoms with van der Waals surface area (Å²) in [5.74, 6) is -0.594. The number of hydrogen-bond acceptors (Lipinski definition) is 3. The van der Waals surface area contributed by atoms with E-state index in [2.05, 4.69) is 17.2 Å². The van der Waals surface area contributed by atoms with E-state index in [1.165, 1.54) is 89.9 Å². The Morgan fingerprint density at radius 1 is 0.743 bits per heavy atom. The van der Waals surface area contributed by atoms with E-state index in [4.69, 9.17) is 4.74 Å². The number of aromatic nitrogens is 1. The van der Waals surface area contributed by atoms with Crippen LogP contribution in [-0.2, 0) is 4.74 Å². The molecule has 2 N–H and O–H groups in total. The van der Waals surface area contributed by atoms with Crippen LogP contribution in [0.2, 0.25) is 0 Å². The van der Waals surface area contributed by atoms with Crippen LogP contribution in [0.25, 0.3) is 0 Å². The van der Waals surface area contributed by atoms with Crippen LogP contribution < -0.4 is 5.32 Å². The summed E-state index contributed by atoms with van der Waals surface area (Å²) in [5.41, 5.74) is 1.47. The lowest BCUT2D eigenvalue weighted by Gasteiger charge is -2.05. The van der Waals surface area contributed by atoms with Crippen molar-refractivity contribution >= 4 is 17.6 Å². The molecule has 0 saturated heterocycles. The molecule has 5 nitrogen and oxygen atoms in total. The highest BCUT2D eigenvalue weighted by Crippen LogP contribution is 2.15. The lowest BCUT2D eigenvalue weighted by molar-refractivity contribution is 0.0491. The summed E-state index contributed by atoms with van der Waals surface area (Å²) in [7, 11) is 0. The standard InChI is InChI=1S/C30H46N2O3/c1-2-3-4-5-6-7-8-9-10-11-12-13-14-15-16-20-23-35-30(34)28-24-27(25-31-28)32-29(33)26-21-18-17-19-22-26/h17-19,21-22,24-25,31H,2-16,20,23H2,1H3,(H,32,33). The molecule has 2 rings (SSSR count). The maximum Gasteiger partial charge on any atom is 0.354 e. The van der Waals surface area contributed by atoms with Crippen molar-refractivity contribution in [2.24, 2.45) is 0 Å². The zero-order valence-electron chi connectivity index (χ0n) is 21.8. The van der Waals surface area contributed by atoms with Gasteiger partial charge in [-0.3, -0.25) is 4.79 Å². The van der Waals surface area contributed by atoms with Gasteiger partial charge in [-0.05, 0) is 24.6 Å². The first-order valence-electron chi connectivity index (χ1n) is 13.9. The molecule has 0 aliphatic carbocycles. The van der Waals surface area contributed by atoms with Gasteiger partial charge in [-0.25, -0.2) is 4.79 Å². The van der Waals surface area contributed by atoms with Crippen LogP contribution in [0.5, 0.6) is 0 Å². The van der Waals surface area contributed by atoms with Crippen molar-refractivity contribution in [1.29, 1.82) is 0 Å². The van der Waals surface area contributed by atoms with Crippen molar-refractivity contribution in [1.82, 2.24) is 4.98 Å². The van der Waals surface area contributed by atoms with Crippen molar-refractivity contribution in [3.8, 4) is 0 Å². The Hall–Kier alpha value is -2.56. The molecule has 5 heteroatoms. The van der Waals surface area contributed by atoms with Gasteiger partial charge in [0.2, 0.25) is 0 Å². The number of H-pyrrole nitrogens is 1. The summed E-state index contributed by atoms with van der Waals surface area (Å²) >= 11 is 0. The molecule has 0 spiro atoms. The third-order valence-electron chi connectivity index (χ3n) is 6.43. The summed E-state index contributed by atoms with van der Waals surface area (Å²) in [4.78, 5) is 27.3. The quantitative estimate of drug-likeness (QED) is 0.146. The van der Waals surface area contributed by atoms with E-state index in [0.29, 0.717) is 23.6 Å². The number of ether oxygens (including phenoxy) is 1. The third-order valence-corrected chi connectivity index (χ3v) is 6.43. The van der Waals surface area contributed by atoms with Gasteiger partial charge in [-0.2, -0.15) is 0 Å². The second kappa shape index (κ2) is 18.7. The molecular formula is C30H46N2O3. The fourth-order valence-corrected chi connectivity index (χ4v) is 4.27. The topological polar surface area (TPSA) is 71.2 Å². The number of amides is 1. The second-order valence-electron chi connectivity index (χ2n) is 9.56. The predicted molar refractivity (Wildman–Crippen MR) is 145 cm³/mol. The summed E-state index contributed by atoms with van der Waals surface area (Å²) in [5, 5.41) is 2.78. The molecule has 0 aliphatic heterocycles. The number of carbonyl (C=O) groups is 2. The third kappa shape index (κ3) is 13.2. The van der Waals surface area contributed by atoms with Gasteiger partial charge in [0.25, 0.3) is 5.91 Å². The average molecular weight is 483 g/mol. The molecule has 0 atom stereocenters. The minimum absolute atomic E-state index is 0.210. The number of unbranched alkanes of at least 4 members (excludes halogenated alkanes) is 15. The lowest BCUT2D eigenvalue weighted by Crippen LogP contribution is -2.11. The van der Waals surface area contributed by atoms with Crippen LogP contribution in [0.4, 0.5) is 5.69 Å². The van der Waals surface area contributed by atoms with Crippen molar-refractivity contribution in [3.63, 3.8) is 0 Å². The highest BCUT2D eigenvalue weighted by molar-refractivity contribution is 6.04. The van der Waals surface area contributed by atoms with Gasteiger partial charge in [0.1, 0.15) is 5.69 Å². The van der Waals surface area contributed by atoms with Gasteiger partial charge >= 0.3 is 5.97 Å². The van der Waals surface area contributed by atoms with E-state index < -0.39 is 0 Å². The molecule has 35 heavy (non-hydrogen) atoms. The number of aromatic amines is 1. The average Bonchev–Trinajstić information content (AvgIpc) is 3.35. The van der Waals surface area contributed by atoms with Crippen LogP contribution in [0.15, 0.2) is 42.6 Å². The fraction of sp³-hybridized carbons (Fsp3) is 0.600. The van der Waals surface area contributed by atoms with E-state index in [-0.39, 0.29) is 11.9 Å². The number of benzene rings is 1. The zero-order valence-corrected chi connectivity index (χ0v) is 21.8. The Labute approximate surface area is 212 Å². The van der Waals surface area contributed by atoms with Crippen LogP contribution in [0.1, 0.15) is 131 Å². The number of anilines is 1. The number of nitrogens with one attached hydrogen (secondary N) is 2. The number of carbonyl (C=O) groups excluding carboxylic acids is 2. The maximum absolute atomic E-state index is 12.2. The maximum atomic E-state index is 12.2. The molecule has 1 heterocycles. The van der Waals surface area contributed by atoms with Crippen molar-refractivity contribution < 1.29 is 14.3 Å². The minimum atomic E-state index is -0.383. The van der Waals surface area contributed by atoms with Gasteiger partial charge in [-0.15, -0.1) is 0 Å². The van der Waals surface area contributed by atoms with Crippen LogP contribution >= 0.6 is 0 Å². The van der Waals surface area contributed by atoms with Gasteiger partial charge in [0.15, 0.2) is 0 Å². The highest BCUT2D eigenvalue weighted by atomic mass is 16.5. The van der Waals surface area contributed by atoms with Gasteiger partial charge in [0, 0.05) is 11.8 Å². The van der Waals surface area contributed by atoms with E-state index in [9.17, 15) is 9.59 Å². The second-order valence-corrected chi connectivity index (χ2v) is 9.56. The first-order valence-corrected chi connectivity index (χ1v) is 13.9. The predicted octanol–water partition coefficient (Wildman–Crippen LogP) is 8.69. The molecule has 0 radical (unpaired) electrons. The molecule has 0 fully saturated rings. The van der Waals surface area contributed by atoms with Crippen molar-refractivity contribution in [2.75, 3.05) is 11.9 Å². The Kier molecular flexibility index (Phi) is 15.3. The first-order chi connectivity index (χ1) is 17.2. The molecule has 0 saturated carbocycles. The summed E-state index contributed by atoms with van der Waals surface area (Å²) in [6, 6.07) is 10.6. The lowest BCUT2D eigenvalue weighted by atomic mass is 10.0. The smallest absolute Gasteiger partial charge is 0.354 e. The van der Waals surface area contributed by atoms with Gasteiger partial charge in [-0.1, -0.05) is 121 Å². The summed E-state index contributed by atoms with van der Waals surface area (Å²) in [6.07, 6.45) is 22.7. The van der Waals surface area contributed by atoms with E-state index in [1.807, 2.05) is 18.2 Å². The Morgan fingerprint density at radius 2 is 1.26 bits per heavy atom. The zero-order chi connectivity index (χ0) is 25.0. The summed E-state index contributed by atoms with van der Waals surface area (Å²) < 4.78 is 5.37.